The van der Waals surface area contributed by atoms with E-state index in [1.54, 1.807) is 18.4 Å². The first kappa shape index (κ1) is 14.8. The highest BCUT2D eigenvalue weighted by molar-refractivity contribution is 7.09. The summed E-state index contributed by atoms with van der Waals surface area (Å²) in [4.78, 5) is 28.7. The average molecular weight is 297 g/mol. The lowest BCUT2D eigenvalue weighted by Gasteiger charge is -2.22. The van der Waals surface area contributed by atoms with Gasteiger partial charge in [0.05, 0.1) is 23.7 Å². The molecule has 7 heteroatoms. The molecule has 0 bridgehead atoms. The van der Waals surface area contributed by atoms with E-state index in [1.807, 2.05) is 12.3 Å². The molecule has 0 saturated heterocycles. The summed E-state index contributed by atoms with van der Waals surface area (Å²) >= 11 is 1.55. The number of carbonyl (C=O) groups excluding carboxylic acids is 1. The van der Waals surface area contributed by atoms with E-state index >= 15 is 0 Å². The van der Waals surface area contributed by atoms with Gasteiger partial charge < -0.3 is 15.3 Å². The molecule has 1 heterocycles. The molecule has 1 unspecified atom stereocenters. The van der Waals surface area contributed by atoms with E-state index in [1.165, 1.54) is 4.90 Å². The van der Waals surface area contributed by atoms with Crippen LogP contribution in [0.3, 0.4) is 0 Å². The van der Waals surface area contributed by atoms with Crippen LogP contribution in [0.25, 0.3) is 0 Å². The lowest BCUT2D eigenvalue weighted by molar-refractivity contribution is -0.137. The van der Waals surface area contributed by atoms with Crippen LogP contribution in [0.4, 0.5) is 4.79 Å². The number of aryl methyl sites for hydroxylation is 1. The minimum absolute atomic E-state index is 0.0138. The van der Waals surface area contributed by atoms with Crippen molar-refractivity contribution in [1.29, 1.82) is 0 Å². The number of hydrogen-bond donors (Lipinski definition) is 2. The third-order valence-corrected chi connectivity index (χ3v) is 4.13. The van der Waals surface area contributed by atoms with E-state index in [0.717, 1.165) is 23.5 Å². The van der Waals surface area contributed by atoms with Gasteiger partial charge in [-0.15, -0.1) is 11.3 Å². The molecule has 110 valence electrons. The smallest absolute Gasteiger partial charge is 0.317 e. The Hall–Kier alpha value is -1.63. The number of aromatic nitrogens is 1. The first-order valence-electron chi connectivity index (χ1n) is 6.60. The van der Waals surface area contributed by atoms with Crippen LogP contribution in [0.15, 0.2) is 5.38 Å². The molecule has 1 atom stereocenters. The number of carboxylic acids is 1. The van der Waals surface area contributed by atoms with Gasteiger partial charge in [0, 0.05) is 18.5 Å². The number of amides is 2. The number of nitrogens with zero attached hydrogens (tertiary/aromatic N) is 2. The maximum absolute atomic E-state index is 12.1. The molecule has 2 N–H and O–H groups in total. The predicted molar refractivity (Wildman–Crippen MR) is 75.6 cm³/mol. The SMILES string of the molecule is Cc1nc(CN(C)C(=O)NC(CC(=O)O)C2CC2)cs1. The molecule has 1 aliphatic carbocycles. The van der Waals surface area contributed by atoms with Gasteiger partial charge >= 0.3 is 12.0 Å². The maximum atomic E-state index is 12.1. The predicted octanol–water partition coefficient (Wildman–Crippen LogP) is 1.85. The van der Waals surface area contributed by atoms with Crippen molar-refractivity contribution in [2.75, 3.05) is 7.05 Å². The minimum Gasteiger partial charge on any atom is -0.481 e. The zero-order chi connectivity index (χ0) is 14.7. The van der Waals surface area contributed by atoms with E-state index < -0.39 is 5.97 Å². The Balaban J connectivity index is 1.87. The molecule has 6 nitrogen and oxygen atoms in total. The number of carboxylic acid groups (broad SMARTS) is 1. The Morgan fingerprint density at radius 1 is 1.60 bits per heavy atom. The molecule has 2 amide bonds. The third-order valence-electron chi connectivity index (χ3n) is 3.31. The van der Waals surface area contributed by atoms with Crippen LogP contribution in [-0.4, -0.2) is 40.1 Å². The van der Waals surface area contributed by atoms with Crippen molar-refractivity contribution in [2.45, 2.75) is 38.8 Å². The summed E-state index contributed by atoms with van der Waals surface area (Å²) in [5, 5.41) is 14.6. The van der Waals surface area contributed by atoms with Crippen LogP contribution in [0.1, 0.15) is 30.0 Å². The van der Waals surface area contributed by atoms with Gasteiger partial charge in [0.1, 0.15) is 0 Å². The maximum Gasteiger partial charge on any atom is 0.317 e. The highest BCUT2D eigenvalue weighted by Gasteiger charge is 2.34. The highest BCUT2D eigenvalue weighted by Crippen LogP contribution is 2.34. The topological polar surface area (TPSA) is 82.5 Å². The summed E-state index contributed by atoms with van der Waals surface area (Å²) in [5.74, 6) is -0.565. The lowest BCUT2D eigenvalue weighted by atomic mass is 10.1. The second-order valence-electron chi connectivity index (χ2n) is 5.21. The molecular formula is C13H19N3O3S. The summed E-state index contributed by atoms with van der Waals surface area (Å²) in [6, 6.07) is -0.506. The van der Waals surface area contributed by atoms with Crippen molar-refractivity contribution in [3.63, 3.8) is 0 Å². The average Bonchev–Trinajstić information content (AvgIpc) is 3.12. The fraction of sp³-hybridized carbons (Fsp3) is 0.615. The number of aliphatic carboxylic acids is 1. The molecule has 0 radical (unpaired) electrons. The fourth-order valence-corrected chi connectivity index (χ4v) is 2.69. The van der Waals surface area contributed by atoms with E-state index in [-0.39, 0.29) is 18.5 Å². The zero-order valence-electron chi connectivity index (χ0n) is 11.6. The van der Waals surface area contributed by atoms with Gasteiger partial charge in [-0.2, -0.15) is 0 Å². The largest absolute Gasteiger partial charge is 0.481 e. The Morgan fingerprint density at radius 3 is 2.80 bits per heavy atom. The van der Waals surface area contributed by atoms with Crippen LogP contribution in [0.2, 0.25) is 0 Å². The van der Waals surface area contributed by atoms with E-state index in [9.17, 15) is 9.59 Å². The van der Waals surface area contributed by atoms with Gasteiger partial charge in [0.15, 0.2) is 0 Å². The standard InChI is InChI=1S/C13H19N3O3S/c1-8-14-10(7-20-8)6-16(2)13(19)15-11(5-12(17)18)9-3-4-9/h7,9,11H,3-6H2,1-2H3,(H,15,19)(H,17,18). The van der Waals surface area contributed by atoms with E-state index in [4.69, 9.17) is 5.11 Å². The van der Waals surface area contributed by atoms with Gasteiger partial charge in [-0.3, -0.25) is 4.79 Å². The summed E-state index contributed by atoms with van der Waals surface area (Å²) in [7, 11) is 1.69. The van der Waals surface area contributed by atoms with Crippen molar-refractivity contribution < 1.29 is 14.7 Å². The molecule has 1 aliphatic rings. The molecule has 1 saturated carbocycles. The van der Waals surface area contributed by atoms with Crippen LogP contribution in [0, 0.1) is 12.8 Å². The summed E-state index contributed by atoms with van der Waals surface area (Å²) in [5.41, 5.74) is 0.853. The number of carbonyl (C=O) groups is 2. The molecule has 2 rings (SSSR count). The summed E-state index contributed by atoms with van der Waals surface area (Å²) in [6.07, 6.45) is 1.97. The van der Waals surface area contributed by atoms with Gasteiger partial charge in [-0.25, -0.2) is 9.78 Å². The van der Waals surface area contributed by atoms with E-state index in [2.05, 4.69) is 10.3 Å². The molecule has 0 aromatic carbocycles. The second-order valence-corrected chi connectivity index (χ2v) is 6.27. The van der Waals surface area contributed by atoms with Crippen LogP contribution >= 0.6 is 11.3 Å². The van der Waals surface area contributed by atoms with Gasteiger partial charge in [0.25, 0.3) is 0 Å². The normalized spacial score (nSPS) is 15.7. The Kier molecular flexibility index (Phi) is 4.59. The number of rotatable bonds is 6. The summed E-state index contributed by atoms with van der Waals surface area (Å²) in [6.45, 7) is 2.35. The fourth-order valence-electron chi connectivity index (χ4n) is 2.09. The van der Waals surface area contributed by atoms with Gasteiger partial charge in [-0.05, 0) is 25.7 Å². The van der Waals surface area contributed by atoms with Gasteiger partial charge in [0.2, 0.25) is 0 Å². The monoisotopic (exact) mass is 297 g/mol. The molecule has 1 aromatic heterocycles. The number of nitrogens with one attached hydrogen (secondary N) is 1. The van der Waals surface area contributed by atoms with Crippen molar-refractivity contribution in [3.05, 3.63) is 16.1 Å². The highest BCUT2D eigenvalue weighted by atomic mass is 32.1. The quantitative estimate of drug-likeness (QED) is 0.839. The number of thiazole rings is 1. The van der Waals surface area contributed by atoms with Crippen molar-refractivity contribution >= 4 is 23.3 Å². The minimum atomic E-state index is -0.875. The van der Waals surface area contributed by atoms with Crippen LogP contribution < -0.4 is 5.32 Å². The molecule has 0 aliphatic heterocycles. The first-order chi connectivity index (χ1) is 9.45. The lowest BCUT2D eigenvalue weighted by Crippen LogP contribution is -2.44. The first-order valence-corrected chi connectivity index (χ1v) is 7.48. The number of urea groups is 1. The Labute approximate surface area is 121 Å². The zero-order valence-corrected chi connectivity index (χ0v) is 12.4. The second kappa shape index (κ2) is 6.21. The number of hydrogen-bond acceptors (Lipinski definition) is 4. The molecule has 1 fully saturated rings. The summed E-state index contributed by atoms with van der Waals surface area (Å²) < 4.78 is 0. The Morgan fingerprint density at radius 2 is 2.30 bits per heavy atom. The van der Waals surface area contributed by atoms with Crippen molar-refractivity contribution in [1.82, 2.24) is 15.2 Å². The molecular weight excluding hydrogens is 278 g/mol. The van der Waals surface area contributed by atoms with Crippen LogP contribution in [-0.2, 0) is 11.3 Å². The molecule has 1 aromatic rings. The Bertz CT molecular complexity index is 499. The van der Waals surface area contributed by atoms with Crippen molar-refractivity contribution in [3.8, 4) is 0 Å². The third kappa shape index (κ3) is 4.19. The molecule has 0 spiro atoms. The van der Waals surface area contributed by atoms with Crippen molar-refractivity contribution in [2.24, 2.45) is 5.92 Å². The molecule has 20 heavy (non-hydrogen) atoms. The van der Waals surface area contributed by atoms with E-state index in [0.29, 0.717) is 12.5 Å². The van der Waals surface area contributed by atoms with Gasteiger partial charge in [-0.1, -0.05) is 0 Å². The van der Waals surface area contributed by atoms with Crippen LogP contribution in [0.5, 0.6) is 0 Å².